The average molecular weight is 388 g/mol. The number of nitrogens with one attached hydrogen (secondary N) is 1. The van der Waals surface area contributed by atoms with Crippen LogP contribution >= 0.6 is 0 Å². The van der Waals surface area contributed by atoms with Crippen molar-refractivity contribution in [2.24, 2.45) is 5.92 Å². The summed E-state index contributed by atoms with van der Waals surface area (Å²) in [4.78, 5) is 21.5. The molecule has 3 aromatic rings. The van der Waals surface area contributed by atoms with Gasteiger partial charge >= 0.3 is 0 Å². The van der Waals surface area contributed by atoms with Crippen molar-refractivity contribution in [1.29, 1.82) is 0 Å². The van der Waals surface area contributed by atoms with Crippen molar-refractivity contribution in [3.05, 3.63) is 60.3 Å². The van der Waals surface area contributed by atoms with Crippen molar-refractivity contribution in [2.45, 2.75) is 25.8 Å². The first kappa shape index (κ1) is 18.1. The number of fused-ring (bicyclic) bond motifs is 1. The van der Waals surface area contributed by atoms with Gasteiger partial charge in [0.05, 0.1) is 11.3 Å². The van der Waals surface area contributed by atoms with Crippen molar-refractivity contribution in [3.8, 4) is 22.4 Å². The van der Waals surface area contributed by atoms with E-state index in [-0.39, 0.29) is 5.91 Å². The third-order valence-corrected chi connectivity index (χ3v) is 5.93. The summed E-state index contributed by atoms with van der Waals surface area (Å²) in [6.07, 6.45) is 10.2. The molecule has 0 unspecified atom stereocenters. The molecule has 5 heterocycles. The Hall–Kier alpha value is -2.99. The lowest BCUT2D eigenvalue weighted by Gasteiger charge is -2.26. The average Bonchev–Trinajstić information content (AvgIpc) is 3.11. The summed E-state index contributed by atoms with van der Waals surface area (Å²) in [6.45, 7) is 3.20. The van der Waals surface area contributed by atoms with Crippen LogP contribution in [0.25, 0.3) is 22.4 Å². The van der Waals surface area contributed by atoms with E-state index in [1.54, 1.807) is 6.20 Å². The fourth-order valence-corrected chi connectivity index (χ4v) is 4.55. The number of rotatable bonds is 4. The van der Waals surface area contributed by atoms with Crippen LogP contribution in [0.3, 0.4) is 0 Å². The van der Waals surface area contributed by atoms with Gasteiger partial charge in [-0.25, -0.2) is 0 Å². The molecule has 0 spiro atoms. The molecule has 29 heavy (non-hydrogen) atoms. The lowest BCUT2D eigenvalue weighted by molar-refractivity contribution is 0.0611. The molecule has 3 aromatic heterocycles. The Kier molecular flexibility index (Phi) is 4.86. The van der Waals surface area contributed by atoms with Crippen LogP contribution in [0.2, 0.25) is 0 Å². The highest BCUT2D eigenvalue weighted by Crippen LogP contribution is 2.41. The Labute approximate surface area is 170 Å². The molecule has 6 nitrogen and oxygen atoms in total. The Morgan fingerprint density at radius 2 is 1.86 bits per heavy atom. The molecule has 2 aliphatic rings. The number of carbonyl (C=O) groups excluding carboxylic acids is 1. The van der Waals surface area contributed by atoms with Gasteiger partial charge in [0, 0.05) is 79.9 Å². The first-order chi connectivity index (χ1) is 14.3. The van der Waals surface area contributed by atoms with Crippen LogP contribution < -0.4 is 5.32 Å². The molecule has 1 saturated heterocycles. The third-order valence-electron chi connectivity index (χ3n) is 5.93. The van der Waals surface area contributed by atoms with Crippen LogP contribution in [0.4, 0.5) is 0 Å². The molecule has 2 aliphatic heterocycles. The lowest BCUT2D eigenvalue weighted by Crippen LogP contribution is -2.33. The van der Waals surface area contributed by atoms with Gasteiger partial charge in [0.1, 0.15) is 0 Å². The minimum Gasteiger partial charge on any atom is -0.381 e. The SMILES string of the molecule is O=C1NCCc2c1c(-c1cccnc1)c(-c1ccncc1)n2CC1CCOCC1. The highest BCUT2D eigenvalue weighted by atomic mass is 16.5. The van der Waals surface area contributed by atoms with Crippen LogP contribution in [0.15, 0.2) is 49.1 Å². The predicted molar refractivity (Wildman–Crippen MR) is 110 cm³/mol. The summed E-state index contributed by atoms with van der Waals surface area (Å²) in [5, 5.41) is 3.04. The van der Waals surface area contributed by atoms with Gasteiger partial charge in [-0.1, -0.05) is 6.07 Å². The Morgan fingerprint density at radius 1 is 1.03 bits per heavy atom. The zero-order chi connectivity index (χ0) is 19.6. The summed E-state index contributed by atoms with van der Waals surface area (Å²) in [5.74, 6) is 0.554. The third kappa shape index (κ3) is 3.34. The second-order valence-corrected chi connectivity index (χ2v) is 7.70. The van der Waals surface area contributed by atoms with E-state index in [1.165, 1.54) is 0 Å². The van der Waals surface area contributed by atoms with Gasteiger partial charge < -0.3 is 14.6 Å². The van der Waals surface area contributed by atoms with E-state index in [0.29, 0.717) is 12.5 Å². The molecule has 1 fully saturated rings. The van der Waals surface area contributed by atoms with Gasteiger partial charge in [0.15, 0.2) is 0 Å². The topological polar surface area (TPSA) is 69.0 Å². The number of nitrogens with zero attached hydrogens (tertiary/aromatic N) is 3. The minimum absolute atomic E-state index is 0.00568. The Balaban J connectivity index is 1.75. The van der Waals surface area contributed by atoms with Crippen LogP contribution in [-0.2, 0) is 17.7 Å². The molecule has 0 aliphatic carbocycles. The molecule has 1 amide bonds. The van der Waals surface area contributed by atoms with Crippen molar-refractivity contribution in [3.63, 3.8) is 0 Å². The van der Waals surface area contributed by atoms with E-state index in [1.807, 2.05) is 42.9 Å². The van der Waals surface area contributed by atoms with E-state index in [9.17, 15) is 4.79 Å². The highest BCUT2D eigenvalue weighted by Gasteiger charge is 2.32. The number of ether oxygens (including phenoxy) is 1. The standard InChI is InChI=1S/C23H24N4O2/c28-23-21-19(5-11-26-23)27(15-16-6-12-29-13-7-16)22(17-3-9-24-10-4-17)20(21)18-2-1-8-25-14-18/h1-4,8-10,14,16H,5-7,11-13,15H2,(H,26,28). The summed E-state index contributed by atoms with van der Waals surface area (Å²) in [6, 6.07) is 8.01. The molecule has 0 bridgehead atoms. The van der Waals surface area contributed by atoms with Gasteiger partial charge in [-0.2, -0.15) is 0 Å². The van der Waals surface area contributed by atoms with E-state index in [4.69, 9.17) is 4.74 Å². The van der Waals surface area contributed by atoms with E-state index in [2.05, 4.69) is 19.9 Å². The first-order valence-electron chi connectivity index (χ1n) is 10.2. The van der Waals surface area contributed by atoms with Crippen molar-refractivity contribution in [1.82, 2.24) is 19.9 Å². The zero-order valence-electron chi connectivity index (χ0n) is 16.3. The second kappa shape index (κ2) is 7.79. The Bertz CT molecular complexity index is 1010. The normalized spacial score (nSPS) is 17.0. The number of carbonyl (C=O) groups is 1. The lowest BCUT2D eigenvalue weighted by atomic mass is 9.96. The smallest absolute Gasteiger partial charge is 0.253 e. The van der Waals surface area contributed by atoms with Crippen LogP contribution in [0.1, 0.15) is 28.9 Å². The summed E-state index contributed by atoms with van der Waals surface area (Å²) in [7, 11) is 0. The highest BCUT2D eigenvalue weighted by molar-refractivity contribution is 6.07. The van der Waals surface area contributed by atoms with Gasteiger partial charge in [-0.3, -0.25) is 14.8 Å². The molecule has 148 valence electrons. The summed E-state index contributed by atoms with van der Waals surface area (Å²) >= 11 is 0. The molecule has 6 heteroatoms. The van der Waals surface area contributed by atoms with Gasteiger partial charge in [-0.05, 0) is 37.0 Å². The number of hydrogen-bond donors (Lipinski definition) is 1. The number of aromatic nitrogens is 3. The number of amides is 1. The molecule has 1 N–H and O–H groups in total. The molecule has 0 atom stereocenters. The summed E-state index contributed by atoms with van der Waals surface area (Å²) in [5.41, 5.74) is 6.04. The zero-order valence-corrected chi connectivity index (χ0v) is 16.3. The van der Waals surface area contributed by atoms with Crippen molar-refractivity contribution in [2.75, 3.05) is 19.8 Å². The summed E-state index contributed by atoms with van der Waals surface area (Å²) < 4.78 is 7.96. The number of pyridine rings is 2. The maximum absolute atomic E-state index is 13.0. The quantitative estimate of drug-likeness (QED) is 0.744. The maximum atomic E-state index is 13.0. The monoisotopic (exact) mass is 388 g/mol. The maximum Gasteiger partial charge on any atom is 0.253 e. The second-order valence-electron chi connectivity index (χ2n) is 7.70. The molecular formula is C23H24N4O2. The molecule has 0 radical (unpaired) electrons. The molecule has 0 aromatic carbocycles. The van der Waals surface area contributed by atoms with E-state index >= 15 is 0 Å². The van der Waals surface area contributed by atoms with E-state index < -0.39 is 0 Å². The van der Waals surface area contributed by atoms with Gasteiger partial charge in [0.2, 0.25) is 0 Å². The first-order valence-corrected chi connectivity index (χ1v) is 10.2. The fourth-order valence-electron chi connectivity index (χ4n) is 4.55. The van der Waals surface area contributed by atoms with E-state index in [0.717, 1.165) is 72.7 Å². The largest absolute Gasteiger partial charge is 0.381 e. The predicted octanol–water partition coefficient (Wildman–Crippen LogP) is 3.32. The van der Waals surface area contributed by atoms with Gasteiger partial charge in [0.25, 0.3) is 5.91 Å². The molecule has 0 saturated carbocycles. The van der Waals surface area contributed by atoms with Gasteiger partial charge in [-0.15, -0.1) is 0 Å². The van der Waals surface area contributed by atoms with Crippen molar-refractivity contribution >= 4 is 5.91 Å². The van der Waals surface area contributed by atoms with Crippen LogP contribution in [0, 0.1) is 5.92 Å². The number of hydrogen-bond acceptors (Lipinski definition) is 4. The molecule has 5 rings (SSSR count). The molecular weight excluding hydrogens is 364 g/mol. The van der Waals surface area contributed by atoms with Crippen molar-refractivity contribution < 1.29 is 9.53 Å². The fraction of sp³-hybridized carbons (Fsp3) is 0.348. The van der Waals surface area contributed by atoms with Crippen LogP contribution in [-0.4, -0.2) is 40.2 Å². The minimum atomic E-state index is 0.00568. The Morgan fingerprint density at radius 3 is 2.62 bits per heavy atom. The van der Waals surface area contributed by atoms with Crippen LogP contribution in [0.5, 0.6) is 0 Å².